The highest BCUT2D eigenvalue weighted by molar-refractivity contribution is 5.44. The summed E-state index contributed by atoms with van der Waals surface area (Å²) in [5.74, 6) is 6.98. The molecule has 1 aromatic carbocycles. The van der Waals surface area contributed by atoms with Gasteiger partial charge in [-0.15, -0.1) is 0 Å². The molecule has 1 aliphatic heterocycles. The first kappa shape index (κ1) is 15.9. The van der Waals surface area contributed by atoms with Crippen LogP contribution in [0, 0.1) is 11.8 Å². The van der Waals surface area contributed by atoms with Gasteiger partial charge in [-0.3, -0.25) is 4.90 Å². The molecule has 1 heterocycles. The summed E-state index contributed by atoms with van der Waals surface area (Å²) in [6, 6.07) is 6.15. The molecular formula is C18H26N2O. The van der Waals surface area contributed by atoms with Gasteiger partial charge >= 0.3 is 0 Å². The van der Waals surface area contributed by atoms with Crippen LogP contribution in [-0.4, -0.2) is 31.6 Å². The Hall–Kier alpha value is -1.50. The van der Waals surface area contributed by atoms with E-state index in [1.165, 1.54) is 50.8 Å². The predicted octanol–water partition coefficient (Wildman–Crippen LogP) is 2.77. The first-order chi connectivity index (χ1) is 10.3. The smallest absolute Gasteiger partial charge is 0.123 e. The Labute approximate surface area is 128 Å². The van der Waals surface area contributed by atoms with E-state index in [1.54, 1.807) is 7.11 Å². The molecule has 0 amide bonds. The number of hydrogen-bond donors (Lipinski definition) is 1. The van der Waals surface area contributed by atoms with E-state index in [2.05, 4.69) is 22.8 Å². The minimum absolute atomic E-state index is 0.396. The van der Waals surface area contributed by atoms with E-state index in [1.807, 2.05) is 12.1 Å². The van der Waals surface area contributed by atoms with Gasteiger partial charge in [0.2, 0.25) is 0 Å². The summed E-state index contributed by atoms with van der Waals surface area (Å²) in [6.07, 6.45) is 6.70. The Morgan fingerprint density at radius 3 is 2.52 bits per heavy atom. The fraction of sp³-hybridized carbons (Fsp3) is 0.556. The molecule has 0 atom stereocenters. The second-order valence-corrected chi connectivity index (χ2v) is 5.58. The van der Waals surface area contributed by atoms with Crippen LogP contribution < -0.4 is 10.5 Å². The van der Waals surface area contributed by atoms with Gasteiger partial charge in [0.05, 0.1) is 13.7 Å². The summed E-state index contributed by atoms with van der Waals surface area (Å²) in [5.41, 5.74) is 7.69. The quantitative estimate of drug-likeness (QED) is 0.868. The zero-order valence-electron chi connectivity index (χ0n) is 13.0. The third-order valence-corrected chi connectivity index (χ3v) is 3.96. The molecule has 1 aromatic rings. The van der Waals surface area contributed by atoms with Gasteiger partial charge in [-0.2, -0.15) is 0 Å². The third-order valence-electron chi connectivity index (χ3n) is 3.96. The summed E-state index contributed by atoms with van der Waals surface area (Å²) in [4.78, 5) is 2.54. The van der Waals surface area contributed by atoms with Gasteiger partial charge in [0.1, 0.15) is 5.75 Å². The third kappa shape index (κ3) is 5.08. The highest BCUT2D eigenvalue weighted by Crippen LogP contribution is 2.22. The van der Waals surface area contributed by atoms with Crippen molar-refractivity contribution in [3.05, 3.63) is 29.3 Å². The van der Waals surface area contributed by atoms with Gasteiger partial charge in [-0.05, 0) is 44.1 Å². The van der Waals surface area contributed by atoms with Crippen molar-refractivity contribution in [3.63, 3.8) is 0 Å². The van der Waals surface area contributed by atoms with Gasteiger partial charge in [-0.1, -0.05) is 31.1 Å². The summed E-state index contributed by atoms with van der Waals surface area (Å²) in [5, 5.41) is 0. The van der Waals surface area contributed by atoms with Crippen molar-refractivity contribution in [2.24, 2.45) is 5.73 Å². The van der Waals surface area contributed by atoms with Gasteiger partial charge < -0.3 is 10.5 Å². The molecule has 1 fully saturated rings. The van der Waals surface area contributed by atoms with Crippen LogP contribution >= 0.6 is 0 Å². The molecule has 0 unspecified atom stereocenters. The summed E-state index contributed by atoms with van der Waals surface area (Å²) in [7, 11) is 1.73. The predicted molar refractivity (Wildman–Crippen MR) is 87.3 cm³/mol. The fourth-order valence-corrected chi connectivity index (χ4v) is 2.84. The molecule has 1 aliphatic rings. The number of nitrogens with zero attached hydrogens (tertiary/aromatic N) is 1. The molecule has 0 aromatic heterocycles. The minimum Gasteiger partial charge on any atom is -0.496 e. The summed E-state index contributed by atoms with van der Waals surface area (Å²) < 4.78 is 5.50. The normalized spacial score (nSPS) is 16.5. The van der Waals surface area contributed by atoms with E-state index in [-0.39, 0.29) is 0 Å². The molecule has 0 radical (unpaired) electrons. The molecule has 0 spiro atoms. The molecule has 21 heavy (non-hydrogen) atoms. The van der Waals surface area contributed by atoms with Crippen molar-refractivity contribution in [1.82, 2.24) is 4.90 Å². The Bertz CT molecular complexity index is 494. The highest BCUT2D eigenvalue weighted by atomic mass is 16.5. The van der Waals surface area contributed by atoms with Crippen molar-refractivity contribution < 1.29 is 4.74 Å². The Balaban J connectivity index is 2.11. The molecule has 0 aliphatic carbocycles. The van der Waals surface area contributed by atoms with Crippen molar-refractivity contribution in [3.8, 4) is 17.6 Å². The van der Waals surface area contributed by atoms with Crippen molar-refractivity contribution in [1.29, 1.82) is 0 Å². The van der Waals surface area contributed by atoms with E-state index < -0.39 is 0 Å². The highest BCUT2D eigenvalue weighted by Gasteiger charge is 2.12. The van der Waals surface area contributed by atoms with Crippen LogP contribution in [0.5, 0.6) is 5.75 Å². The Kier molecular flexibility index (Phi) is 6.59. The van der Waals surface area contributed by atoms with E-state index in [4.69, 9.17) is 10.5 Å². The average Bonchev–Trinajstić information content (AvgIpc) is 2.48. The van der Waals surface area contributed by atoms with Crippen LogP contribution in [0.25, 0.3) is 0 Å². The standard InChI is InChI=1S/C18H26N2O/c1-21-18-10-9-16(8-7-11-19)14-17(18)15-20-12-5-3-2-4-6-13-20/h9-10,14H,2-6,11-13,15,19H2,1H3. The number of benzene rings is 1. The molecule has 3 heteroatoms. The zero-order valence-corrected chi connectivity index (χ0v) is 13.0. The first-order valence-corrected chi connectivity index (χ1v) is 7.91. The van der Waals surface area contributed by atoms with Gasteiger partial charge in [-0.25, -0.2) is 0 Å². The van der Waals surface area contributed by atoms with Gasteiger partial charge in [0.15, 0.2) is 0 Å². The monoisotopic (exact) mass is 286 g/mol. The Morgan fingerprint density at radius 1 is 1.14 bits per heavy atom. The number of methoxy groups -OCH3 is 1. The van der Waals surface area contributed by atoms with E-state index >= 15 is 0 Å². The van der Waals surface area contributed by atoms with E-state index in [0.717, 1.165) is 17.9 Å². The lowest BCUT2D eigenvalue weighted by atomic mass is 10.1. The molecule has 114 valence electrons. The minimum atomic E-state index is 0.396. The van der Waals surface area contributed by atoms with Crippen molar-refractivity contribution in [2.75, 3.05) is 26.7 Å². The lowest BCUT2D eigenvalue weighted by Crippen LogP contribution is -2.27. The van der Waals surface area contributed by atoms with Gasteiger partial charge in [0.25, 0.3) is 0 Å². The molecular weight excluding hydrogens is 260 g/mol. The average molecular weight is 286 g/mol. The molecule has 2 rings (SSSR count). The number of rotatable bonds is 3. The topological polar surface area (TPSA) is 38.5 Å². The molecule has 0 saturated carbocycles. The van der Waals surface area contributed by atoms with Crippen LogP contribution in [0.3, 0.4) is 0 Å². The molecule has 1 saturated heterocycles. The second kappa shape index (κ2) is 8.71. The lowest BCUT2D eigenvalue weighted by molar-refractivity contribution is 0.236. The van der Waals surface area contributed by atoms with Crippen LogP contribution in [0.1, 0.15) is 43.2 Å². The largest absolute Gasteiger partial charge is 0.496 e. The first-order valence-electron chi connectivity index (χ1n) is 7.91. The number of nitrogens with two attached hydrogens (primary N) is 1. The maximum Gasteiger partial charge on any atom is 0.123 e. The maximum absolute atomic E-state index is 5.50. The van der Waals surface area contributed by atoms with Crippen molar-refractivity contribution >= 4 is 0 Å². The van der Waals surface area contributed by atoms with Gasteiger partial charge in [0, 0.05) is 17.7 Å². The second-order valence-electron chi connectivity index (χ2n) is 5.58. The fourth-order valence-electron chi connectivity index (χ4n) is 2.84. The zero-order chi connectivity index (χ0) is 14.9. The Morgan fingerprint density at radius 2 is 1.86 bits per heavy atom. The maximum atomic E-state index is 5.50. The number of likely N-dealkylation sites (tertiary alicyclic amines) is 1. The van der Waals surface area contributed by atoms with E-state index in [0.29, 0.717) is 6.54 Å². The molecule has 2 N–H and O–H groups in total. The van der Waals surface area contributed by atoms with Crippen molar-refractivity contribution in [2.45, 2.75) is 38.6 Å². The van der Waals surface area contributed by atoms with Crippen LogP contribution in [0.15, 0.2) is 18.2 Å². The SMILES string of the molecule is COc1ccc(C#CCN)cc1CN1CCCCCCC1. The summed E-state index contributed by atoms with van der Waals surface area (Å²) >= 11 is 0. The van der Waals surface area contributed by atoms with Crippen LogP contribution in [0.4, 0.5) is 0 Å². The van der Waals surface area contributed by atoms with Crippen LogP contribution in [0.2, 0.25) is 0 Å². The number of hydrogen-bond acceptors (Lipinski definition) is 3. The summed E-state index contributed by atoms with van der Waals surface area (Å²) in [6.45, 7) is 3.71. The number of ether oxygens (including phenoxy) is 1. The van der Waals surface area contributed by atoms with E-state index in [9.17, 15) is 0 Å². The molecule has 3 nitrogen and oxygen atoms in total. The lowest BCUT2D eigenvalue weighted by Gasteiger charge is -2.25. The van der Waals surface area contributed by atoms with Crippen LogP contribution in [-0.2, 0) is 6.54 Å². The molecule has 0 bridgehead atoms.